The van der Waals surface area contributed by atoms with Crippen LogP contribution in [0.5, 0.6) is 0 Å². The van der Waals surface area contributed by atoms with Gasteiger partial charge in [0.05, 0.1) is 0 Å². The summed E-state index contributed by atoms with van der Waals surface area (Å²) in [5.74, 6) is 0. The lowest BCUT2D eigenvalue weighted by Crippen LogP contribution is -1.84. The van der Waals surface area contributed by atoms with Crippen LogP contribution in [-0.4, -0.2) is 0 Å². The second-order valence-corrected chi connectivity index (χ2v) is 19.9. The molecular formula is C75H60. The van der Waals surface area contributed by atoms with Gasteiger partial charge in [-0.1, -0.05) is 260 Å². The summed E-state index contributed by atoms with van der Waals surface area (Å²) in [5.41, 5.74) is 6.74. The Labute approximate surface area is 440 Å². The molecule has 0 bridgehead atoms. The first kappa shape index (κ1) is 48.2. The van der Waals surface area contributed by atoms with E-state index in [4.69, 9.17) is 0 Å². The molecule has 0 heterocycles. The fourth-order valence-corrected chi connectivity index (χ4v) is 10.9. The third kappa shape index (κ3) is 10.3. The number of hydrogen-bond acceptors (Lipinski definition) is 0. The van der Waals surface area contributed by atoms with E-state index in [1.54, 1.807) is 0 Å². The molecule has 0 aliphatic heterocycles. The summed E-state index contributed by atoms with van der Waals surface area (Å²) < 4.78 is 0. The average Bonchev–Trinajstić information content (AvgIpc) is 3.45. The van der Waals surface area contributed by atoms with E-state index in [-0.39, 0.29) is 0 Å². The topological polar surface area (TPSA) is 0 Å². The highest BCUT2D eigenvalue weighted by atomic mass is 14.1. The minimum atomic E-state index is 1.31. The van der Waals surface area contributed by atoms with Gasteiger partial charge in [-0.2, -0.15) is 0 Å². The molecule has 0 aliphatic rings. The Morgan fingerprint density at radius 1 is 0.173 bits per heavy atom. The molecule has 15 aromatic carbocycles. The van der Waals surface area contributed by atoms with E-state index in [1.807, 2.05) is 0 Å². The van der Waals surface area contributed by atoms with Crippen LogP contribution in [0, 0.1) is 34.6 Å². The fraction of sp³-hybridized carbons (Fsp3) is 0.0667. The number of fused-ring (bicyclic) bond motifs is 12. The lowest BCUT2D eigenvalue weighted by atomic mass is 9.94. The molecule has 15 rings (SSSR count). The van der Waals surface area contributed by atoms with E-state index in [9.17, 15) is 0 Å². The molecule has 0 atom stereocenters. The summed E-state index contributed by atoms with van der Waals surface area (Å²) in [7, 11) is 0. The molecule has 0 radical (unpaired) electrons. The van der Waals surface area contributed by atoms with Crippen LogP contribution in [0.2, 0.25) is 0 Å². The van der Waals surface area contributed by atoms with Crippen molar-refractivity contribution in [3.05, 3.63) is 301 Å². The largest absolute Gasteiger partial charge is 0.0616 e. The van der Waals surface area contributed by atoms with Crippen LogP contribution < -0.4 is 0 Å². The van der Waals surface area contributed by atoms with Crippen LogP contribution in [0.15, 0.2) is 273 Å². The zero-order valence-electron chi connectivity index (χ0n) is 43.5. The lowest BCUT2D eigenvalue weighted by Gasteiger charge is -2.10. The van der Waals surface area contributed by atoms with Crippen molar-refractivity contribution in [2.24, 2.45) is 0 Å². The average molecular weight is 961 g/mol. The van der Waals surface area contributed by atoms with Crippen LogP contribution in [0.3, 0.4) is 0 Å². The van der Waals surface area contributed by atoms with E-state index >= 15 is 0 Å². The van der Waals surface area contributed by atoms with E-state index in [2.05, 4.69) is 308 Å². The highest BCUT2D eigenvalue weighted by Gasteiger charge is 2.08. The lowest BCUT2D eigenvalue weighted by molar-refractivity contribution is 1.51. The third-order valence-corrected chi connectivity index (χ3v) is 14.8. The predicted molar refractivity (Wildman–Crippen MR) is 331 cm³/mol. The fourth-order valence-electron chi connectivity index (χ4n) is 10.9. The molecular weight excluding hydrogens is 901 g/mol. The van der Waals surface area contributed by atoms with Gasteiger partial charge >= 0.3 is 0 Å². The molecule has 0 fully saturated rings. The van der Waals surface area contributed by atoms with Crippen molar-refractivity contribution in [1.82, 2.24) is 0 Å². The van der Waals surface area contributed by atoms with Crippen molar-refractivity contribution in [2.45, 2.75) is 34.6 Å². The van der Waals surface area contributed by atoms with Crippen LogP contribution in [0.1, 0.15) is 27.8 Å². The molecule has 0 N–H and O–H groups in total. The van der Waals surface area contributed by atoms with Gasteiger partial charge in [-0.15, -0.1) is 0 Å². The Bertz CT molecular complexity index is 4530. The molecule has 0 saturated heterocycles. The molecule has 0 unspecified atom stereocenters. The first-order chi connectivity index (χ1) is 36.8. The minimum absolute atomic E-state index is 1.31. The van der Waals surface area contributed by atoms with Gasteiger partial charge in [0.15, 0.2) is 0 Å². The number of aryl methyl sites for hydroxylation is 5. The van der Waals surface area contributed by atoms with E-state index < -0.39 is 0 Å². The summed E-state index contributed by atoms with van der Waals surface area (Å²) in [5, 5.41) is 26.7. The van der Waals surface area contributed by atoms with Gasteiger partial charge in [0.1, 0.15) is 0 Å². The summed E-state index contributed by atoms with van der Waals surface area (Å²) in [6, 6.07) is 97.4. The summed E-state index contributed by atoms with van der Waals surface area (Å²) in [6.45, 7) is 10.8. The Kier molecular flexibility index (Phi) is 13.8. The Hall–Kier alpha value is -9.10. The monoisotopic (exact) mass is 960 g/mol. The SMILES string of the molecule is Cc1c2ccccc2cc2c1ccc1ccccc12.Cc1c2ccccc2cc2ccc3ccccc3c12.Cc1ccc2cc3ccccc3cc2c1.Cc1ccc2ccccc2c1.Cc1cccc2ccccc12. The van der Waals surface area contributed by atoms with E-state index in [0.717, 1.165) is 0 Å². The van der Waals surface area contributed by atoms with Crippen molar-refractivity contribution >= 4 is 108 Å². The van der Waals surface area contributed by atoms with Gasteiger partial charge in [0, 0.05) is 0 Å². The van der Waals surface area contributed by atoms with Crippen LogP contribution in [-0.2, 0) is 0 Å². The first-order valence-corrected chi connectivity index (χ1v) is 26.1. The molecule has 0 aromatic heterocycles. The van der Waals surface area contributed by atoms with E-state index in [1.165, 1.54) is 136 Å². The molecule has 0 amide bonds. The van der Waals surface area contributed by atoms with Gasteiger partial charge in [-0.05, 0) is 183 Å². The van der Waals surface area contributed by atoms with Crippen molar-refractivity contribution in [2.75, 3.05) is 0 Å². The van der Waals surface area contributed by atoms with Crippen molar-refractivity contribution in [1.29, 1.82) is 0 Å². The van der Waals surface area contributed by atoms with Gasteiger partial charge in [0.25, 0.3) is 0 Å². The first-order valence-electron chi connectivity index (χ1n) is 26.1. The van der Waals surface area contributed by atoms with Crippen LogP contribution >= 0.6 is 0 Å². The standard InChI is InChI=1S/2C19H14.C15H12.2C11H10/c1-13-17-8-4-3-7-15(17)12-16-11-10-14-6-2-5-9-18(14)19(13)16;1-13-16-8-4-3-7-15(16)12-19-17(13)11-10-14-6-2-5-9-18(14)19;1-11-6-7-14-9-12-4-2-3-5-13(12)10-15(14)8-11;1-9-5-4-7-10-6-2-3-8-11(9)10;1-9-6-7-10-4-2-3-5-11(10)8-9/h2*2-12H,1H3;2-10H,1H3;2*2-8H,1H3. The van der Waals surface area contributed by atoms with Gasteiger partial charge in [-0.3, -0.25) is 0 Å². The highest BCUT2D eigenvalue weighted by Crippen LogP contribution is 2.35. The van der Waals surface area contributed by atoms with E-state index in [0.29, 0.717) is 0 Å². The van der Waals surface area contributed by atoms with Crippen LogP contribution in [0.25, 0.3) is 108 Å². The quantitative estimate of drug-likeness (QED) is 0.105. The second-order valence-electron chi connectivity index (χ2n) is 19.9. The van der Waals surface area contributed by atoms with Crippen LogP contribution in [0.4, 0.5) is 0 Å². The molecule has 0 heteroatoms. The predicted octanol–water partition coefficient (Wildman–Crippen LogP) is 21.5. The van der Waals surface area contributed by atoms with Gasteiger partial charge < -0.3 is 0 Å². The molecule has 0 saturated carbocycles. The van der Waals surface area contributed by atoms with Gasteiger partial charge in [-0.25, -0.2) is 0 Å². The highest BCUT2D eigenvalue weighted by molar-refractivity contribution is 6.15. The van der Waals surface area contributed by atoms with Crippen molar-refractivity contribution in [3.8, 4) is 0 Å². The zero-order valence-corrected chi connectivity index (χ0v) is 43.5. The van der Waals surface area contributed by atoms with Gasteiger partial charge in [0.2, 0.25) is 0 Å². The zero-order chi connectivity index (χ0) is 51.3. The maximum Gasteiger partial charge on any atom is -0.00697 e. The summed E-state index contributed by atoms with van der Waals surface area (Å²) >= 11 is 0. The normalized spacial score (nSPS) is 11.0. The maximum atomic E-state index is 2.32. The molecule has 75 heavy (non-hydrogen) atoms. The summed E-state index contributed by atoms with van der Waals surface area (Å²) in [4.78, 5) is 0. The molecule has 0 spiro atoms. The summed E-state index contributed by atoms with van der Waals surface area (Å²) in [6.07, 6.45) is 0. The Morgan fingerprint density at radius 2 is 0.547 bits per heavy atom. The maximum absolute atomic E-state index is 2.32. The molecule has 360 valence electrons. The number of hydrogen-bond donors (Lipinski definition) is 0. The molecule has 0 nitrogen and oxygen atoms in total. The smallest absolute Gasteiger partial charge is 0.00697 e. The molecule has 15 aromatic rings. The third-order valence-electron chi connectivity index (χ3n) is 14.8. The Morgan fingerprint density at radius 3 is 1.19 bits per heavy atom. The second kappa shape index (κ2) is 21.5. The van der Waals surface area contributed by atoms with Crippen molar-refractivity contribution in [3.63, 3.8) is 0 Å². The minimum Gasteiger partial charge on any atom is -0.0616 e. The number of benzene rings is 15. The van der Waals surface area contributed by atoms with Crippen molar-refractivity contribution < 1.29 is 0 Å². The molecule has 0 aliphatic carbocycles. The Balaban J connectivity index is 0.000000102. The number of rotatable bonds is 0.